The summed E-state index contributed by atoms with van der Waals surface area (Å²) >= 11 is 0. The molecule has 1 aromatic rings. The molecule has 0 saturated heterocycles. The van der Waals surface area contributed by atoms with Crippen LogP contribution < -0.4 is 5.32 Å². The number of imidazole rings is 1. The van der Waals surface area contributed by atoms with Crippen LogP contribution in [0.2, 0.25) is 0 Å². The lowest BCUT2D eigenvalue weighted by Gasteiger charge is -2.09. The Morgan fingerprint density at radius 2 is 2.31 bits per heavy atom. The number of aromatic nitrogens is 2. The highest BCUT2D eigenvalue weighted by Crippen LogP contribution is 2.11. The number of hydrogen-bond acceptors (Lipinski definition) is 2. The third-order valence-corrected chi connectivity index (χ3v) is 2.48. The first-order valence-electron chi connectivity index (χ1n) is 6.02. The average Bonchev–Trinajstić information content (AvgIpc) is 2.55. The molecule has 1 heterocycles. The lowest BCUT2D eigenvalue weighted by atomic mass is 10.1. The van der Waals surface area contributed by atoms with Crippen molar-refractivity contribution < 1.29 is 0 Å². The van der Waals surface area contributed by atoms with Crippen LogP contribution in [0.25, 0.3) is 0 Å². The van der Waals surface area contributed by atoms with Gasteiger partial charge in [0.15, 0.2) is 0 Å². The Balaban J connectivity index is 2.52. The standard InChI is InChI=1S/C13H23N3/c1-5-8-14-13-15-12(4)10-16(13)9-6-7-11(2)3/h5,10-11H,1,6-9H2,2-4H3,(H,14,15). The minimum absolute atomic E-state index is 0.765. The lowest BCUT2D eigenvalue weighted by Crippen LogP contribution is -2.07. The van der Waals surface area contributed by atoms with E-state index in [0.717, 1.165) is 30.6 Å². The Hall–Kier alpha value is -1.25. The minimum Gasteiger partial charge on any atom is -0.352 e. The summed E-state index contributed by atoms with van der Waals surface area (Å²) in [5.41, 5.74) is 1.07. The van der Waals surface area contributed by atoms with E-state index < -0.39 is 0 Å². The fourth-order valence-corrected chi connectivity index (χ4v) is 1.69. The molecule has 0 amide bonds. The van der Waals surface area contributed by atoms with Gasteiger partial charge in [-0.3, -0.25) is 0 Å². The summed E-state index contributed by atoms with van der Waals surface area (Å²) in [5.74, 6) is 1.73. The molecule has 1 N–H and O–H groups in total. The first-order chi connectivity index (χ1) is 7.63. The maximum atomic E-state index is 4.45. The lowest BCUT2D eigenvalue weighted by molar-refractivity contribution is 0.513. The van der Waals surface area contributed by atoms with E-state index in [0.29, 0.717) is 0 Å². The summed E-state index contributed by atoms with van der Waals surface area (Å²) in [6.07, 6.45) is 6.42. The van der Waals surface area contributed by atoms with Crippen LogP contribution in [0.1, 0.15) is 32.4 Å². The van der Waals surface area contributed by atoms with Crippen molar-refractivity contribution in [2.45, 2.75) is 40.2 Å². The minimum atomic E-state index is 0.765. The molecule has 0 aromatic carbocycles. The first-order valence-corrected chi connectivity index (χ1v) is 6.02. The van der Waals surface area contributed by atoms with Gasteiger partial charge in [-0.25, -0.2) is 4.98 Å². The molecule has 0 bridgehead atoms. The van der Waals surface area contributed by atoms with Crippen molar-refractivity contribution in [3.05, 3.63) is 24.5 Å². The highest BCUT2D eigenvalue weighted by Gasteiger charge is 2.04. The summed E-state index contributed by atoms with van der Waals surface area (Å²) < 4.78 is 2.20. The zero-order valence-corrected chi connectivity index (χ0v) is 10.7. The van der Waals surface area contributed by atoms with Crippen molar-refractivity contribution in [1.29, 1.82) is 0 Å². The van der Waals surface area contributed by atoms with E-state index in [2.05, 4.69) is 41.5 Å². The number of nitrogens with one attached hydrogen (secondary N) is 1. The van der Waals surface area contributed by atoms with E-state index in [1.165, 1.54) is 12.8 Å². The van der Waals surface area contributed by atoms with Gasteiger partial charge in [-0.1, -0.05) is 19.9 Å². The molecule has 0 atom stereocenters. The fraction of sp³-hybridized carbons (Fsp3) is 0.615. The monoisotopic (exact) mass is 221 g/mol. The second-order valence-corrected chi connectivity index (χ2v) is 4.60. The summed E-state index contributed by atoms with van der Waals surface area (Å²) in [7, 11) is 0. The predicted molar refractivity (Wildman–Crippen MR) is 69.7 cm³/mol. The number of aryl methyl sites for hydroxylation is 2. The number of nitrogens with zero attached hydrogens (tertiary/aromatic N) is 2. The van der Waals surface area contributed by atoms with Crippen LogP contribution >= 0.6 is 0 Å². The highest BCUT2D eigenvalue weighted by molar-refractivity contribution is 5.29. The van der Waals surface area contributed by atoms with Crippen LogP contribution in [0.3, 0.4) is 0 Å². The molecule has 0 unspecified atom stereocenters. The van der Waals surface area contributed by atoms with Gasteiger partial charge in [-0.2, -0.15) is 0 Å². The van der Waals surface area contributed by atoms with Crippen LogP contribution in [0.4, 0.5) is 5.95 Å². The van der Waals surface area contributed by atoms with Crippen LogP contribution in [-0.2, 0) is 6.54 Å². The second kappa shape index (κ2) is 6.36. The zero-order chi connectivity index (χ0) is 12.0. The normalized spacial score (nSPS) is 10.8. The van der Waals surface area contributed by atoms with Gasteiger partial charge in [0, 0.05) is 19.3 Å². The van der Waals surface area contributed by atoms with Gasteiger partial charge in [0.25, 0.3) is 0 Å². The number of hydrogen-bond donors (Lipinski definition) is 1. The smallest absolute Gasteiger partial charge is 0.203 e. The van der Waals surface area contributed by atoms with Crippen molar-refractivity contribution in [2.75, 3.05) is 11.9 Å². The van der Waals surface area contributed by atoms with Crippen molar-refractivity contribution in [3.63, 3.8) is 0 Å². The maximum Gasteiger partial charge on any atom is 0.203 e. The largest absolute Gasteiger partial charge is 0.352 e. The molecule has 0 spiro atoms. The Bertz CT molecular complexity index is 326. The quantitative estimate of drug-likeness (QED) is 0.716. The molecule has 0 aliphatic heterocycles. The van der Waals surface area contributed by atoms with Gasteiger partial charge in [-0.05, 0) is 25.7 Å². The number of anilines is 1. The van der Waals surface area contributed by atoms with E-state index in [1.54, 1.807) is 0 Å². The van der Waals surface area contributed by atoms with Crippen molar-refractivity contribution >= 4 is 5.95 Å². The summed E-state index contributed by atoms with van der Waals surface area (Å²) in [4.78, 5) is 4.45. The van der Waals surface area contributed by atoms with Crippen molar-refractivity contribution in [3.8, 4) is 0 Å². The summed E-state index contributed by atoms with van der Waals surface area (Å²) in [5, 5.41) is 3.26. The fourth-order valence-electron chi connectivity index (χ4n) is 1.69. The van der Waals surface area contributed by atoms with E-state index in [-0.39, 0.29) is 0 Å². The molecule has 1 rings (SSSR count). The van der Waals surface area contributed by atoms with Gasteiger partial charge >= 0.3 is 0 Å². The first kappa shape index (κ1) is 12.8. The van der Waals surface area contributed by atoms with Crippen LogP contribution in [0.5, 0.6) is 0 Å². The van der Waals surface area contributed by atoms with Crippen LogP contribution in [-0.4, -0.2) is 16.1 Å². The molecular weight excluding hydrogens is 198 g/mol. The Morgan fingerprint density at radius 3 is 2.94 bits per heavy atom. The molecule has 0 aliphatic rings. The maximum absolute atomic E-state index is 4.45. The molecule has 3 nitrogen and oxygen atoms in total. The molecular formula is C13H23N3. The third-order valence-electron chi connectivity index (χ3n) is 2.48. The Kier molecular flexibility index (Phi) is 5.09. The molecule has 3 heteroatoms. The highest BCUT2D eigenvalue weighted by atomic mass is 15.2. The number of rotatable bonds is 7. The topological polar surface area (TPSA) is 29.9 Å². The molecule has 0 saturated carbocycles. The van der Waals surface area contributed by atoms with Crippen LogP contribution in [0.15, 0.2) is 18.9 Å². The SMILES string of the molecule is C=CCNc1nc(C)cn1CCCC(C)C. The van der Waals surface area contributed by atoms with Gasteiger partial charge in [0.2, 0.25) is 5.95 Å². The van der Waals surface area contributed by atoms with Gasteiger partial charge in [-0.15, -0.1) is 6.58 Å². The van der Waals surface area contributed by atoms with E-state index in [4.69, 9.17) is 0 Å². The summed E-state index contributed by atoms with van der Waals surface area (Å²) in [6, 6.07) is 0. The molecule has 0 fully saturated rings. The van der Waals surface area contributed by atoms with Crippen molar-refractivity contribution in [2.24, 2.45) is 5.92 Å². The second-order valence-electron chi connectivity index (χ2n) is 4.60. The Labute approximate surface area is 98.6 Å². The molecule has 0 radical (unpaired) electrons. The van der Waals surface area contributed by atoms with Gasteiger partial charge in [0.1, 0.15) is 0 Å². The molecule has 90 valence electrons. The third kappa shape index (κ3) is 4.09. The van der Waals surface area contributed by atoms with E-state index in [9.17, 15) is 0 Å². The zero-order valence-electron chi connectivity index (χ0n) is 10.7. The van der Waals surface area contributed by atoms with Crippen molar-refractivity contribution in [1.82, 2.24) is 9.55 Å². The molecule has 16 heavy (non-hydrogen) atoms. The average molecular weight is 221 g/mol. The van der Waals surface area contributed by atoms with E-state index >= 15 is 0 Å². The van der Waals surface area contributed by atoms with Gasteiger partial charge in [0.05, 0.1) is 5.69 Å². The predicted octanol–water partition coefficient (Wildman–Crippen LogP) is 3.23. The van der Waals surface area contributed by atoms with Crippen LogP contribution in [0, 0.1) is 12.8 Å². The molecule has 0 aliphatic carbocycles. The van der Waals surface area contributed by atoms with Gasteiger partial charge < -0.3 is 9.88 Å². The Morgan fingerprint density at radius 1 is 1.56 bits per heavy atom. The summed E-state index contributed by atoms with van der Waals surface area (Å²) in [6.45, 7) is 12.0. The van der Waals surface area contributed by atoms with E-state index in [1.807, 2.05) is 13.0 Å². The molecule has 1 aromatic heterocycles.